The predicted molar refractivity (Wildman–Crippen MR) is 397 cm³/mol. The molecule has 5 aromatic rings. The van der Waals surface area contributed by atoms with Crippen molar-refractivity contribution in [3.63, 3.8) is 0 Å². The molecule has 0 spiro atoms. The van der Waals surface area contributed by atoms with Crippen LogP contribution in [0, 0.1) is 5.92 Å². The molecule has 24 nitrogen and oxygen atoms in total. The van der Waals surface area contributed by atoms with Crippen LogP contribution in [-0.2, 0) is 33.0 Å². The smallest absolute Gasteiger partial charge is 0.870 e. The van der Waals surface area contributed by atoms with Crippen molar-refractivity contribution in [2.24, 2.45) is 10.9 Å². The Hall–Kier alpha value is -4.31. The van der Waals surface area contributed by atoms with Gasteiger partial charge in [-0.2, -0.15) is 0 Å². The van der Waals surface area contributed by atoms with E-state index >= 15 is 0 Å². The largest absolute Gasteiger partial charge is 1.00 e. The molecule has 0 saturated carbocycles. The van der Waals surface area contributed by atoms with Crippen LogP contribution in [0.1, 0.15) is 167 Å². The molecule has 0 radical (unpaired) electrons. The standard InChI is InChI=1S/C14H16N2O2.C10H14N2.C9H12N2.C9H10N2.C8H13NO.C7H7NO2.C4H7NO.C4H8O.ClH.I2.HI.Na.H2O5P2.H2O/c1-2-3-8-16-9-6-12(14(16)18)13(17)11-5-4-7-15-10-11;1-12-7-3-5-10(12)9-4-2-6-11-8-9;2*1-3-8(7-10-5-1)9-4-2-6-11-9;1-2-3-6-9-7-4-5-8(9)10;1-10-7(9)6-3-2-4-8-5-6;6-4-2-1-3-5-4;1-2-3-4-5;;1-2;;;1-6(2)7(3,4)5;/h3-5,7-8,10,12H,2,6,9H2,1H3;2,4,6,8,10H,3,5,7H2,1H3;1,3,5,7,9,11H,2,4,6H2;1,3,5,7H,2,4,6H2;3,6H,2,4-5,7H2,1H3;2-5H,1H3;1-3H2,(H,5,6);4H,2-3H2,1H3;1H;;1H;;(H2,3,4,5);1H2/q;;;;;;;;;;;+1;;/p-1/b8-3-;;;;6-3-;;;;;;;;;. The van der Waals surface area contributed by atoms with Gasteiger partial charge in [0.25, 0.3) is 0 Å². The fourth-order valence-corrected chi connectivity index (χ4v) is 9.14. The fraction of sp³-hybridized carbons (Fsp3) is 0.446. The maximum absolute atomic E-state index is 12.2. The predicted octanol–water partition coefficient (Wildman–Crippen LogP) is 9.16. The normalized spacial score (nSPS) is 17.1. The number of aldehydes is 1. The minimum absolute atomic E-state index is 0. The Morgan fingerprint density at radius 3 is 1.68 bits per heavy atom. The Kier molecular flexibility index (Phi) is 59.5. The number of ether oxygens (including phenoxy) is 1. The maximum Gasteiger partial charge on any atom is 1.00 e. The van der Waals surface area contributed by atoms with Crippen molar-refractivity contribution in [2.75, 3.05) is 53.4 Å². The van der Waals surface area contributed by atoms with Crippen LogP contribution in [0.4, 0.5) is 0 Å². The molecule has 0 aliphatic carbocycles. The number of methoxy groups -OCH3 is 1. The zero-order valence-electron chi connectivity index (χ0n) is 55.4. The molecule has 0 aromatic carbocycles. The van der Waals surface area contributed by atoms with E-state index in [-0.39, 0.29) is 101 Å². The van der Waals surface area contributed by atoms with Crippen molar-refractivity contribution in [2.45, 2.75) is 129 Å². The van der Waals surface area contributed by atoms with Crippen LogP contribution in [0.15, 0.2) is 152 Å². The first-order chi connectivity index (χ1) is 44.5. The van der Waals surface area contributed by atoms with Crippen LogP contribution < -0.4 is 45.1 Å². The number of nitrogens with one attached hydrogen (secondary N) is 2. The number of unbranched alkanes of at least 4 members (excludes halogenated alkanes) is 1. The van der Waals surface area contributed by atoms with Gasteiger partial charge in [0, 0.05) is 186 Å². The first-order valence-electron chi connectivity index (χ1n) is 30.6. The van der Waals surface area contributed by atoms with Crippen LogP contribution in [0.25, 0.3) is 0 Å². The summed E-state index contributed by atoms with van der Waals surface area (Å²) in [5.74, 6) is -0.655. The number of aromatic nitrogens is 5. The van der Waals surface area contributed by atoms with Gasteiger partial charge in [0.15, 0.2) is 5.78 Å². The van der Waals surface area contributed by atoms with E-state index in [0.29, 0.717) is 42.6 Å². The summed E-state index contributed by atoms with van der Waals surface area (Å²) in [6.45, 7) is 11.8. The van der Waals surface area contributed by atoms with Gasteiger partial charge in [-0.25, -0.2) is 9.36 Å². The van der Waals surface area contributed by atoms with E-state index in [1.165, 1.54) is 80.6 Å². The second-order valence-corrected chi connectivity index (χ2v) is 24.7. The van der Waals surface area contributed by atoms with E-state index < -0.39 is 20.9 Å². The van der Waals surface area contributed by atoms with Gasteiger partial charge < -0.3 is 40.3 Å². The summed E-state index contributed by atoms with van der Waals surface area (Å²) in [6.07, 6.45) is 41.1. The third-order valence-electron chi connectivity index (χ3n) is 13.9. The number of likely N-dealkylation sites (tertiary alicyclic amines) is 3. The van der Waals surface area contributed by atoms with Gasteiger partial charge in [0.1, 0.15) is 12.2 Å². The number of ketones is 1. The maximum atomic E-state index is 12.2. The molecule has 11 rings (SSSR count). The minimum atomic E-state index is -4.78. The second kappa shape index (κ2) is 59.5. The molecule has 31 heteroatoms. The summed E-state index contributed by atoms with van der Waals surface area (Å²) in [5.41, 5.74) is 6.08. The monoisotopic (exact) mass is 1740 g/mol. The Labute approximate surface area is 635 Å². The third-order valence-corrected chi connectivity index (χ3v) is 15.6. The zero-order valence-corrected chi connectivity index (χ0v) is 66.7. The van der Waals surface area contributed by atoms with Gasteiger partial charge in [-0.15, -0.1) is 36.4 Å². The Morgan fingerprint density at radius 2 is 1.29 bits per heavy atom. The molecule has 11 heterocycles. The number of esters is 1. The van der Waals surface area contributed by atoms with E-state index in [2.05, 4.69) is 120 Å². The summed E-state index contributed by atoms with van der Waals surface area (Å²) in [6, 6.07) is 20.3. The molecule has 6 aliphatic rings. The topological polar surface area (TPSA) is 350 Å². The summed E-state index contributed by atoms with van der Waals surface area (Å²) in [5, 5.41) is 6.11. The first-order valence-corrected chi connectivity index (χ1v) is 40.3. The number of hydrogen-bond donors (Lipinski definition) is 4. The number of rotatable bonds is 13. The van der Waals surface area contributed by atoms with Crippen LogP contribution >= 0.6 is 88.6 Å². The molecule has 5 N–H and O–H groups in total. The van der Waals surface area contributed by atoms with E-state index in [1.54, 1.807) is 58.9 Å². The van der Waals surface area contributed by atoms with Crippen molar-refractivity contribution in [3.8, 4) is 0 Å². The van der Waals surface area contributed by atoms with E-state index in [0.717, 1.165) is 83.8 Å². The molecule has 5 aromatic heterocycles. The first kappa shape index (κ1) is 95.9. The Balaban J connectivity index is -0.00000102. The summed E-state index contributed by atoms with van der Waals surface area (Å²) < 4.78 is 23.2. The zero-order chi connectivity index (χ0) is 67.8. The van der Waals surface area contributed by atoms with Crippen LogP contribution in [0.2, 0.25) is 0 Å². The SMILES string of the molecule is CC/C=C\N1CCC(C(=O)c2cccnc2)C1=O.CC/C=C\N1CCCC1=O.CCCC=O.CN1CCCC1c1cccnc1.COC(=O)c1cccnc1.Cl.I.II.O=C1CCCN1.O=[P+]([O-])P(=O)(O)O.[Na+].[OH-].c1cncc(C2=NCCC2)c1.c1cncc(C2CCCN2)c1. The Morgan fingerprint density at radius 1 is 0.729 bits per heavy atom. The van der Waals surface area contributed by atoms with Crippen molar-refractivity contribution in [3.05, 3.63) is 175 Å². The molecule has 5 fully saturated rings. The Bertz CT molecular complexity index is 3050. The molecule has 3 amide bonds. The van der Waals surface area contributed by atoms with Gasteiger partial charge in [-0.3, -0.25) is 63.8 Å². The number of nitrogens with zero attached hydrogens (tertiary/aromatic N) is 9. The molecule has 4 atom stereocenters. The molecule has 5 saturated heterocycles. The van der Waals surface area contributed by atoms with Crippen molar-refractivity contribution < 1.29 is 92.3 Å². The quantitative estimate of drug-likeness (QED) is 0.0162. The summed E-state index contributed by atoms with van der Waals surface area (Å²) in [4.78, 5) is 120. The minimum Gasteiger partial charge on any atom is -0.870 e. The number of amides is 3. The average molecular weight is 1740 g/mol. The van der Waals surface area contributed by atoms with Crippen molar-refractivity contribution in [1.29, 1.82) is 0 Å². The number of allylic oxidation sites excluding steroid dienone is 2. The molecular formula is C65H92ClI3N11NaO13P2. The fourth-order valence-electron chi connectivity index (χ4n) is 9.14. The number of halogens is 4. The summed E-state index contributed by atoms with van der Waals surface area (Å²) >= 11 is 4.24. The van der Waals surface area contributed by atoms with Crippen molar-refractivity contribution in [1.82, 2.24) is 50.3 Å². The molecule has 0 bridgehead atoms. The number of hydrogen-bond acceptors (Lipinski definition) is 19. The van der Waals surface area contributed by atoms with Gasteiger partial charge in [0.2, 0.25) is 17.7 Å². The van der Waals surface area contributed by atoms with Crippen LogP contribution in [0.5, 0.6) is 0 Å². The van der Waals surface area contributed by atoms with Gasteiger partial charge in [-0.05, 0) is 151 Å². The molecular weight excluding hydrogens is 1640 g/mol. The average Bonchev–Trinajstić information content (AvgIpc) is 1.68. The van der Waals surface area contributed by atoms with Gasteiger partial charge >= 0.3 is 50.5 Å². The molecule has 524 valence electrons. The molecule has 4 unspecified atom stereocenters. The summed E-state index contributed by atoms with van der Waals surface area (Å²) in [7, 11) is -4.83. The second-order valence-electron chi connectivity index (χ2n) is 20.7. The van der Waals surface area contributed by atoms with Gasteiger partial charge in [-0.1, -0.05) is 55.7 Å². The number of Topliss-reactive ketones (excluding diaryl/α,β-unsaturated/α-hetero) is 1. The van der Waals surface area contributed by atoms with Crippen LogP contribution in [0.3, 0.4) is 0 Å². The van der Waals surface area contributed by atoms with E-state index in [9.17, 15) is 42.8 Å². The van der Waals surface area contributed by atoms with E-state index in [1.807, 2.05) is 81.4 Å². The van der Waals surface area contributed by atoms with E-state index in [4.69, 9.17) is 9.79 Å². The van der Waals surface area contributed by atoms with Crippen LogP contribution in [-0.4, -0.2) is 150 Å². The third kappa shape index (κ3) is 40.7. The number of pyridine rings is 5. The molecule has 96 heavy (non-hydrogen) atoms. The number of carbonyl (C=O) groups is 6. The number of aliphatic imine (C=N–C) groups is 1. The number of carbonyl (C=O) groups excluding carboxylic acids is 6. The van der Waals surface area contributed by atoms with Crippen molar-refractivity contribution >= 4 is 130 Å². The van der Waals surface area contributed by atoms with Gasteiger partial charge in [0.05, 0.1) is 12.7 Å². The molecule has 6 aliphatic heterocycles.